The Hall–Kier alpha value is -3.42. The van der Waals surface area contributed by atoms with Crippen LogP contribution in [0.25, 0.3) is 16.9 Å². The Kier molecular flexibility index (Phi) is 8.48. The van der Waals surface area contributed by atoms with E-state index in [2.05, 4.69) is 25.2 Å². The highest BCUT2D eigenvalue weighted by molar-refractivity contribution is 5.84. The Morgan fingerprint density at radius 2 is 1.77 bits per heavy atom. The van der Waals surface area contributed by atoms with E-state index in [4.69, 9.17) is 9.47 Å². The van der Waals surface area contributed by atoms with E-state index in [1.165, 1.54) is 4.57 Å². The molecule has 0 spiro atoms. The summed E-state index contributed by atoms with van der Waals surface area (Å²) in [4.78, 5) is 32.8. The summed E-state index contributed by atoms with van der Waals surface area (Å²) in [6.07, 6.45) is -2.81. The van der Waals surface area contributed by atoms with Gasteiger partial charge in [0.05, 0.1) is 30.9 Å². The number of halogens is 2. The number of nitrogens with zero attached hydrogens (tertiary/aromatic N) is 7. The van der Waals surface area contributed by atoms with Crippen molar-refractivity contribution < 1.29 is 23.0 Å². The van der Waals surface area contributed by atoms with Crippen LogP contribution >= 0.6 is 0 Å². The Balaban J connectivity index is 1.42. The van der Waals surface area contributed by atoms with Gasteiger partial charge in [-0.1, -0.05) is 12.1 Å². The number of rotatable bonds is 9. The number of carbonyl (C=O) groups is 1. The lowest BCUT2D eigenvalue weighted by Crippen LogP contribution is -2.52. The second-order valence-corrected chi connectivity index (χ2v) is 9.63. The summed E-state index contributed by atoms with van der Waals surface area (Å²) in [5, 5.41) is 3.14. The lowest BCUT2D eigenvalue weighted by Gasteiger charge is -2.36. The molecule has 0 bridgehead atoms. The number of nitrogens with one attached hydrogen (secondary N) is 1. The van der Waals surface area contributed by atoms with Crippen LogP contribution < -0.4 is 10.2 Å². The van der Waals surface area contributed by atoms with Crippen molar-refractivity contribution in [3.05, 3.63) is 36.2 Å². The molecule has 0 unspecified atom stereocenters. The smallest absolute Gasteiger partial charge is 0.296 e. The molecule has 2 saturated heterocycles. The number of hydrogen-bond donors (Lipinski definition) is 1. The zero-order valence-electron chi connectivity index (χ0n) is 22.2. The molecule has 2 aromatic heterocycles. The molecular formula is C26H34F2N8O3. The van der Waals surface area contributed by atoms with Crippen LogP contribution in [-0.2, 0) is 14.3 Å². The zero-order chi connectivity index (χ0) is 27.4. The number of piperazine rings is 1. The predicted molar refractivity (Wildman–Crippen MR) is 143 cm³/mol. The van der Waals surface area contributed by atoms with Gasteiger partial charge in [-0.05, 0) is 19.1 Å². The first kappa shape index (κ1) is 27.2. The molecule has 2 aliphatic rings. The van der Waals surface area contributed by atoms with E-state index in [1.807, 2.05) is 9.80 Å². The van der Waals surface area contributed by atoms with E-state index in [-0.39, 0.29) is 17.7 Å². The van der Waals surface area contributed by atoms with E-state index < -0.39 is 18.3 Å². The summed E-state index contributed by atoms with van der Waals surface area (Å²) in [6, 6.07) is 8.02. The van der Waals surface area contributed by atoms with Gasteiger partial charge in [0.2, 0.25) is 11.9 Å². The zero-order valence-corrected chi connectivity index (χ0v) is 22.2. The number of imidazole rings is 1. The molecule has 3 aromatic rings. The number of morpholine rings is 1. The molecule has 4 heterocycles. The average Bonchev–Trinajstić information content (AvgIpc) is 3.36. The third-order valence-electron chi connectivity index (χ3n) is 7.06. The molecule has 1 aromatic carbocycles. The van der Waals surface area contributed by atoms with Crippen molar-refractivity contribution in [1.29, 1.82) is 0 Å². The van der Waals surface area contributed by atoms with Crippen molar-refractivity contribution in [3.8, 4) is 5.82 Å². The molecule has 1 N–H and O–H groups in total. The summed E-state index contributed by atoms with van der Waals surface area (Å²) in [5.41, 5.74) is 0.961. The van der Waals surface area contributed by atoms with Crippen molar-refractivity contribution in [2.24, 2.45) is 0 Å². The van der Waals surface area contributed by atoms with Crippen LogP contribution in [-0.4, -0.2) is 114 Å². The van der Waals surface area contributed by atoms with Gasteiger partial charge in [-0.15, -0.1) is 0 Å². The molecule has 13 heteroatoms. The molecule has 0 saturated carbocycles. The SMILES string of the molecule is COCCN1CCN(C(=O)[C@H](C)Nc2nc(N3CCOCC3)cc(-n3c(C(F)F)nc4ccccc43)n2)CC1. The molecule has 1 atom stereocenters. The fourth-order valence-electron chi connectivity index (χ4n) is 4.93. The number of fused-ring (bicyclic) bond motifs is 1. The van der Waals surface area contributed by atoms with Crippen molar-refractivity contribution in [2.75, 3.05) is 83.0 Å². The minimum atomic E-state index is -2.81. The summed E-state index contributed by atoms with van der Waals surface area (Å²) in [5.74, 6) is 0.542. The van der Waals surface area contributed by atoms with Gasteiger partial charge in [0.1, 0.15) is 17.7 Å². The van der Waals surface area contributed by atoms with Gasteiger partial charge < -0.3 is 24.6 Å². The van der Waals surface area contributed by atoms with Gasteiger partial charge in [-0.2, -0.15) is 9.97 Å². The van der Waals surface area contributed by atoms with E-state index >= 15 is 0 Å². The molecule has 210 valence electrons. The number of para-hydroxylation sites is 2. The highest BCUT2D eigenvalue weighted by atomic mass is 19.3. The molecule has 11 nitrogen and oxygen atoms in total. The number of methoxy groups -OCH3 is 1. The minimum Gasteiger partial charge on any atom is -0.383 e. The minimum absolute atomic E-state index is 0.0651. The first-order chi connectivity index (χ1) is 18.9. The molecule has 39 heavy (non-hydrogen) atoms. The van der Waals surface area contributed by atoms with Crippen LogP contribution in [0.15, 0.2) is 30.3 Å². The highest BCUT2D eigenvalue weighted by Crippen LogP contribution is 2.29. The molecular weight excluding hydrogens is 510 g/mol. The third kappa shape index (κ3) is 6.10. The van der Waals surface area contributed by atoms with Gasteiger partial charge in [0.15, 0.2) is 5.82 Å². The van der Waals surface area contributed by atoms with E-state index in [0.29, 0.717) is 62.9 Å². The highest BCUT2D eigenvalue weighted by Gasteiger charge is 2.27. The topological polar surface area (TPSA) is 101 Å². The number of hydrogen-bond acceptors (Lipinski definition) is 9. The normalized spacial score (nSPS) is 17.7. The molecule has 2 fully saturated rings. The Labute approximate surface area is 225 Å². The number of alkyl halides is 2. The quantitative estimate of drug-likeness (QED) is 0.434. The van der Waals surface area contributed by atoms with Crippen LogP contribution in [0.2, 0.25) is 0 Å². The maximum atomic E-state index is 14.1. The average molecular weight is 545 g/mol. The van der Waals surface area contributed by atoms with E-state index in [0.717, 1.165) is 19.6 Å². The predicted octanol–water partition coefficient (Wildman–Crippen LogP) is 2.18. The molecule has 1 amide bonds. The lowest BCUT2D eigenvalue weighted by atomic mass is 10.2. The first-order valence-corrected chi connectivity index (χ1v) is 13.2. The van der Waals surface area contributed by atoms with Gasteiger partial charge in [0.25, 0.3) is 6.43 Å². The molecule has 2 aliphatic heterocycles. The lowest BCUT2D eigenvalue weighted by molar-refractivity contribution is -0.133. The first-order valence-electron chi connectivity index (χ1n) is 13.2. The van der Waals surface area contributed by atoms with Gasteiger partial charge in [0, 0.05) is 59.0 Å². The largest absolute Gasteiger partial charge is 0.383 e. The molecule has 0 aliphatic carbocycles. The van der Waals surface area contributed by atoms with Gasteiger partial charge >= 0.3 is 0 Å². The molecule has 5 rings (SSSR count). The van der Waals surface area contributed by atoms with Crippen molar-refractivity contribution in [1.82, 2.24) is 29.3 Å². The summed E-state index contributed by atoms with van der Waals surface area (Å²) in [7, 11) is 1.68. The van der Waals surface area contributed by atoms with Crippen molar-refractivity contribution in [3.63, 3.8) is 0 Å². The number of carbonyl (C=O) groups excluding carboxylic acids is 1. The van der Waals surface area contributed by atoms with Crippen molar-refractivity contribution >= 4 is 28.7 Å². The maximum Gasteiger partial charge on any atom is 0.296 e. The van der Waals surface area contributed by atoms with Crippen molar-refractivity contribution in [2.45, 2.75) is 19.4 Å². The standard InChI is InChI=1S/C26H34F2N8O3/c1-18(25(37)35-9-7-33(8-10-35)11-14-38-2)29-26-31-21(34-12-15-39-16-13-34)17-22(32-26)36-20-6-4-3-5-19(20)30-24(36)23(27)28/h3-6,17-18,23H,7-16H2,1-2H3,(H,29,31,32)/t18-/m0/s1. The summed E-state index contributed by atoms with van der Waals surface area (Å²) in [6.45, 7) is 8.31. The number of aromatic nitrogens is 4. The Bertz CT molecular complexity index is 1280. The Morgan fingerprint density at radius 3 is 2.49 bits per heavy atom. The fourth-order valence-corrected chi connectivity index (χ4v) is 4.93. The van der Waals surface area contributed by atoms with Crippen LogP contribution in [0.4, 0.5) is 20.5 Å². The monoisotopic (exact) mass is 544 g/mol. The summed E-state index contributed by atoms with van der Waals surface area (Å²) >= 11 is 0. The number of anilines is 2. The second-order valence-electron chi connectivity index (χ2n) is 9.63. The van der Waals surface area contributed by atoms with Crippen LogP contribution in [0.1, 0.15) is 19.2 Å². The Morgan fingerprint density at radius 1 is 1.05 bits per heavy atom. The third-order valence-corrected chi connectivity index (χ3v) is 7.06. The molecule has 0 radical (unpaired) electrons. The number of benzene rings is 1. The second kappa shape index (κ2) is 12.2. The maximum absolute atomic E-state index is 14.1. The van der Waals surface area contributed by atoms with Crippen LogP contribution in [0.3, 0.4) is 0 Å². The number of ether oxygens (including phenoxy) is 2. The van der Waals surface area contributed by atoms with Crippen LogP contribution in [0.5, 0.6) is 0 Å². The van der Waals surface area contributed by atoms with Crippen LogP contribution in [0, 0.1) is 0 Å². The fraction of sp³-hybridized carbons (Fsp3) is 0.538. The van der Waals surface area contributed by atoms with E-state index in [9.17, 15) is 13.6 Å². The van der Waals surface area contributed by atoms with E-state index in [1.54, 1.807) is 44.4 Å². The van der Waals surface area contributed by atoms with Gasteiger partial charge in [-0.3, -0.25) is 14.3 Å². The van der Waals surface area contributed by atoms with Gasteiger partial charge in [-0.25, -0.2) is 13.8 Å². The summed E-state index contributed by atoms with van der Waals surface area (Å²) < 4.78 is 40.2. The number of amides is 1.